The molecular weight excluding hydrogens is 326 g/mol. The molecule has 0 unspecified atom stereocenters. The minimum absolute atomic E-state index is 0.0717. The highest BCUT2D eigenvalue weighted by Crippen LogP contribution is 2.21. The van der Waals surface area contributed by atoms with Gasteiger partial charge in [-0.3, -0.25) is 4.79 Å². The molecule has 1 amide bonds. The lowest BCUT2D eigenvalue weighted by Crippen LogP contribution is -3.29. The Morgan fingerprint density at radius 2 is 2.11 bits per heavy atom. The van der Waals surface area contributed by atoms with E-state index in [1.165, 1.54) is 13.6 Å². The average Bonchev–Trinajstić information content (AvgIpc) is 2.83. The third kappa shape index (κ3) is 4.02. The van der Waals surface area contributed by atoms with Crippen LogP contribution in [0.15, 0.2) is 15.9 Å². The fourth-order valence-corrected chi connectivity index (χ4v) is 4.18. The number of hydrogen-bond donors (Lipinski definition) is 3. The van der Waals surface area contributed by atoms with Crippen molar-refractivity contribution in [2.45, 2.75) is 19.5 Å². The molecule has 3 N–H and O–H groups in total. The Balaban J connectivity index is 1.80. The predicted molar refractivity (Wildman–Crippen MR) is 80.6 cm³/mol. The molecule has 0 bridgehead atoms. The molecular formula is C13H22BrN3OS+2. The van der Waals surface area contributed by atoms with E-state index in [1.807, 2.05) is 18.3 Å². The Kier molecular flexibility index (Phi) is 5.38. The molecule has 2 rings (SSSR count). The van der Waals surface area contributed by atoms with E-state index in [0.29, 0.717) is 0 Å². The van der Waals surface area contributed by atoms with Gasteiger partial charge in [0.2, 0.25) is 0 Å². The number of piperazine rings is 1. The predicted octanol–water partition coefficient (Wildman–Crippen LogP) is -1.07. The number of carbonyl (C=O) groups excluding carboxylic acids is 1. The van der Waals surface area contributed by atoms with Crippen molar-refractivity contribution in [3.8, 4) is 0 Å². The smallest absolute Gasteiger partial charge is 0.277 e. The maximum absolute atomic E-state index is 11.6. The maximum atomic E-state index is 11.6. The number of nitrogens with one attached hydrogen (secondary N) is 3. The van der Waals surface area contributed by atoms with Crippen LogP contribution in [0.2, 0.25) is 0 Å². The maximum Gasteiger partial charge on any atom is 0.277 e. The lowest BCUT2D eigenvalue weighted by Gasteiger charge is -2.32. The van der Waals surface area contributed by atoms with E-state index in [2.05, 4.69) is 33.4 Å². The van der Waals surface area contributed by atoms with E-state index < -0.39 is 0 Å². The molecule has 1 aromatic rings. The van der Waals surface area contributed by atoms with Crippen LogP contribution in [-0.4, -0.2) is 45.2 Å². The standard InChI is InChI=1S/C13H20BrN3OS/c1-10(13(18)15-2)17-7-5-16(6-8-17)9-11-3-4-12(14)19-11/h3-4,10H,5-9H2,1-2H3,(H,15,18)/p+2/t10-/m1/s1. The normalized spacial score (nSPS) is 25.0. The third-order valence-electron chi connectivity index (χ3n) is 3.90. The van der Waals surface area contributed by atoms with Gasteiger partial charge in [0.15, 0.2) is 6.04 Å². The molecule has 1 aliphatic heterocycles. The molecule has 0 spiro atoms. The summed E-state index contributed by atoms with van der Waals surface area (Å²) in [5, 5.41) is 2.75. The zero-order chi connectivity index (χ0) is 13.8. The summed E-state index contributed by atoms with van der Waals surface area (Å²) < 4.78 is 1.21. The first-order valence-corrected chi connectivity index (χ1v) is 8.35. The fourth-order valence-electron chi connectivity index (χ4n) is 2.63. The topological polar surface area (TPSA) is 38.0 Å². The van der Waals surface area contributed by atoms with E-state index in [-0.39, 0.29) is 11.9 Å². The number of rotatable bonds is 4. The Bertz CT molecular complexity index is 429. The van der Waals surface area contributed by atoms with E-state index in [4.69, 9.17) is 0 Å². The molecule has 0 aromatic carbocycles. The van der Waals surface area contributed by atoms with Crippen LogP contribution in [0.25, 0.3) is 0 Å². The SMILES string of the molecule is CNC(=O)[C@@H](C)[NH+]1CC[NH+](Cc2ccc(Br)s2)CC1. The molecule has 6 heteroatoms. The van der Waals surface area contributed by atoms with Gasteiger partial charge in [0.05, 0.1) is 8.66 Å². The van der Waals surface area contributed by atoms with Crippen molar-refractivity contribution in [2.24, 2.45) is 0 Å². The Morgan fingerprint density at radius 1 is 1.42 bits per heavy atom. The molecule has 2 heterocycles. The van der Waals surface area contributed by atoms with Gasteiger partial charge in [0, 0.05) is 7.05 Å². The quantitative estimate of drug-likeness (QED) is 0.637. The highest BCUT2D eigenvalue weighted by Gasteiger charge is 2.30. The highest BCUT2D eigenvalue weighted by atomic mass is 79.9. The number of amides is 1. The van der Waals surface area contributed by atoms with Gasteiger partial charge in [-0.2, -0.15) is 0 Å². The summed E-state index contributed by atoms with van der Waals surface area (Å²) in [6.45, 7) is 7.58. The summed E-state index contributed by atoms with van der Waals surface area (Å²) in [4.78, 5) is 16.1. The lowest BCUT2D eigenvalue weighted by molar-refractivity contribution is -1.02. The molecule has 1 atom stereocenters. The van der Waals surface area contributed by atoms with Crippen molar-refractivity contribution in [3.63, 3.8) is 0 Å². The van der Waals surface area contributed by atoms with Crippen LogP contribution in [0.5, 0.6) is 0 Å². The van der Waals surface area contributed by atoms with E-state index in [1.54, 1.807) is 11.9 Å². The molecule has 4 nitrogen and oxygen atoms in total. The summed E-state index contributed by atoms with van der Waals surface area (Å²) >= 11 is 5.33. The Morgan fingerprint density at radius 3 is 2.63 bits per heavy atom. The van der Waals surface area contributed by atoms with Crippen LogP contribution >= 0.6 is 27.3 Å². The van der Waals surface area contributed by atoms with Gasteiger partial charge in [-0.05, 0) is 35.0 Å². The summed E-state index contributed by atoms with van der Waals surface area (Å²) in [7, 11) is 1.72. The second-order valence-corrected chi connectivity index (χ2v) is 7.67. The number of halogens is 1. The summed E-state index contributed by atoms with van der Waals surface area (Å²) in [5.74, 6) is 0.153. The molecule has 1 aromatic heterocycles. The van der Waals surface area contributed by atoms with Crippen molar-refractivity contribution in [1.29, 1.82) is 0 Å². The summed E-state index contributed by atoms with van der Waals surface area (Å²) in [5.41, 5.74) is 0. The van der Waals surface area contributed by atoms with Crippen molar-refractivity contribution in [3.05, 3.63) is 20.8 Å². The van der Waals surface area contributed by atoms with Gasteiger partial charge in [0.1, 0.15) is 32.7 Å². The number of hydrogen-bond acceptors (Lipinski definition) is 2. The fraction of sp³-hybridized carbons (Fsp3) is 0.615. The van der Waals surface area contributed by atoms with Crippen LogP contribution in [0.4, 0.5) is 0 Å². The molecule has 19 heavy (non-hydrogen) atoms. The minimum Gasteiger partial charge on any atom is -0.354 e. The van der Waals surface area contributed by atoms with Crippen LogP contribution in [0.1, 0.15) is 11.8 Å². The van der Waals surface area contributed by atoms with Crippen LogP contribution in [-0.2, 0) is 11.3 Å². The lowest BCUT2D eigenvalue weighted by atomic mass is 10.2. The van der Waals surface area contributed by atoms with Gasteiger partial charge in [0.25, 0.3) is 5.91 Å². The summed E-state index contributed by atoms with van der Waals surface area (Å²) in [6.07, 6.45) is 0. The first kappa shape index (κ1) is 15.0. The zero-order valence-electron chi connectivity index (χ0n) is 11.5. The Labute approximate surface area is 126 Å². The molecule has 1 saturated heterocycles. The highest BCUT2D eigenvalue weighted by molar-refractivity contribution is 9.11. The molecule has 0 aliphatic carbocycles. The van der Waals surface area contributed by atoms with Gasteiger partial charge < -0.3 is 15.1 Å². The zero-order valence-corrected chi connectivity index (χ0v) is 13.9. The van der Waals surface area contributed by atoms with Crippen molar-refractivity contribution in [1.82, 2.24) is 5.32 Å². The average molecular weight is 348 g/mol. The van der Waals surface area contributed by atoms with Crippen molar-refractivity contribution in [2.75, 3.05) is 33.2 Å². The monoisotopic (exact) mass is 347 g/mol. The number of likely N-dealkylation sites (N-methyl/N-ethyl adjacent to an activating group) is 1. The Hall–Kier alpha value is -0.430. The van der Waals surface area contributed by atoms with Crippen molar-refractivity contribution < 1.29 is 14.6 Å². The third-order valence-corrected chi connectivity index (χ3v) is 5.53. The van der Waals surface area contributed by atoms with Gasteiger partial charge >= 0.3 is 0 Å². The first-order chi connectivity index (χ1) is 9.10. The number of quaternary nitrogens is 2. The van der Waals surface area contributed by atoms with Crippen LogP contribution < -0.4 is 15.1 Å². The summed E-state index contributed by atoms with van der Waals surface area (Å²) in [6, 6.07) is 4.39. The first-order valence-electron chi connectivity index (χ1n) is 6.74. The van der Waals surface area contributed by atoms with Crippen LogP contribution in [0.3, 0.4) is 0 Å². The van der Waals surface area contributed by atoms with Crippen molar-refractivity contribution >= 4 is 33.2 Å². The molecule has 0 saturated carbocycles. The molecule has 1 fully saturated rings. The molecule has 0 radical (unpaired) electrons. The van der Waals surface area contributed by atoms with Gasteiger partial charge in [-0.25, -0.2) is 0 Å². The minimum atomic E-state index is 0.0717. The van der Waals surface area contributed by atoms with E-state index in [9.17, 15) is 4.79 Å². The van der Waals surface area contributed by atoms with E-state index >= 15 is 0 Å². The largest absolute Gasteiger partial charge is 0.354 e. The van der Waals surface area contributed by atoms with Gasteiger partial charge in [-0.15, -0.1) is 11.3 Å². The van der Waals surface area contributed by atoms with E-state index in [0.717, 1.165) is 32.7 Å². The number of thiophene rings is 1. The second kappa shape index (κ2) is 6.83. The number of carbonyl (C=O) groups is 1. The van der Waals surface area contributed by atoms with Gasteiger partial charge in [-0.1, -0.05) is 0 Å². The van der Waals surface area contributed by atoms with Crippen LogP contribution in [0, 0.1) is 0 Å². The second-order valence-electron chi connectivity index (χ2n) is 5.13. The molecule has 1 aliphatic rings. The molecule has 106 valence electrons.